The summed E-state index contributed by atoms with van der Waals surface area (Å²) in [5.41, 5.74) is -2.82. The molecule has 0 heterocycles. The zero-order valence-electron chi connectivity index (χ0n) is 20.1. The van der Waals surface area contributed by atoms with Crippen molar-refractivity contribution in [2.45, 2.75) is 51.6 Å². The number of carbonyl (C=O) groups is 1. The quantitative estimate of drug-likeness (QED) is 0.120. The number of hydrogen-bond donors (Lipinski definition) is 2. The molecule has 0 spiro atoms. The molecule has 33 heavy (non-hydrogen) atoms. The van der Waals surface area contributed by atoms with Crippen LogP contribution in [0.3, 0.4) is 0 Å². The maximum Gasteiger partial charge on any atom is 0.306 e. The van der Waals surface area contributed by atoms with Crippen molar-refractivity contribution < 1.29 is 38.4 Å². The molecule has 0 radical (unpaired) electrons. The van der Waals surface area contributed by atoms with Gasteiger partial charge in [-0.1, -0.05) is 38.1 Å². The molecule has 0 saturated heterocycles. The average molecular weight is 526 g/mol. The molecule has 1 aromatic rings. The minimum absolute atomic E-state index is 0. The first-order valence-corrected chi connectivity index (χ1v) is 14.8. The van der Waals surface area contributed by atoms with E-state index in [4.69, 9.17) is 35.4 Å². The van der Waals surface area contributed by atoms with Gasteiger partial charge in [-0.15, -0.1) is 0 Å². The van der Waals surface area contributed by atoms with Crippen LogP contribution in [0.2, 0.25) is 0 Å². The minimum Gasteiger partial charge on any atom is -0.870 e. The van der Waals surface area contributed by atoms with Crippen LogP contribution in [0.1, 0.15) is 45.4 Å². The van der Waals surface area contributed by atoms with Crippen molar-refractivity contribution in [2.75, 3.05) is 47.5 Å². The fourth-order valence-corrected chi connectivity index (χ4v) is 5.10. The van der Waals surface area contributed by atoms with Gasteiger partial charge >= 0.3 is 5.97 Å². The van der Waals surface area contributed by atoms with E-state index in [9.17, 15) is 4.79 Å². The van der Waals surface area contributed by atoms with Crippen molar-refractivity contribution >= 4 is 35.7 Å². The molecular formula is C22H40NO7PS2. The number of unbranched alkanes of at least 4 members (excludes halogenated alkanes) is 3. The van der Waals surface area contributed by atoms with E-state index in [1.165, 1.54) is 12.8 Å². The molecule has 8 nitrogen and oxygen atoms in total. The summed E-state index contributed by atoms with van der Waals surface area (Å²) in [6, 6.07) is 7.67. The van der Waals surface area contributed by atoms with Crippen molar-refractivity contribution in [3.8, 4) is 11.5 Å². The molecule has 0 aliphatic heterocycles. The Balaban J connectivity index is 0.0000102. The molecular weight excluding hydrogens is 485 g/mol. The number of rotatable bonds is 18. The summed E-state index contributed by atoms with van der Waals surface area (Å²) in [6.07, 6.45) is 4.22. The van der Waals surface area contributed by atoms with Crippen molar-refractivity contribution in [3.05, 3.63) is 24.3 Å². The fourth-order valence-electron chi connectivity index (χ4n) is 2.93. The smallest absolute Gasteiger partial charge is 0.306 e. The van der Waals surface area contributed by atoms with Crippen molar-refractivity contribution in [3.63, 3.8) is 0 Å². The van der Waals surface area contributed by atoms with Crippen LogP contribution in [0, 0.1) is 0 Å². The maximum absolute atomic E-state index is 11.1. The first kappa shape index (κ1) is 32.1. The van der Waals surface area contributed by atoms with E-state index < -0.39 is 17.8 Å². The van der Waals surface area contributed by atoms with Gasteiger partial charge in [0.1, 0.15) is 24.1 Å². The van der Waals surface area contributed by atoms with Gasteiger partial charge in [-0.05, 0) is 43.2 Å². The number of quaternary nitrogens is 1. The Morgan fingerprint density at radius 2 is 1.64 bits per heavy atom. The van der Waals surface area contributed by atoms with Crippen LogP contribution >= 0.6 is 17.9 Å². The normalized spacial score (nSPS) is 14.1. The third-order valence-electron chi connectivity index (χ3n) is 4.32. The molecule has 1 aromatic carbocycles. The second kappa shape index (κ2) is 16.7. The Morgan fingerprint density at radius 1 is 1.09 bits per heavy atom. The highest BCUT2D eigenvalue weighted by Gasteiger charge is 2.27. The largest absolute Gasteiger partial charge is 0.870 e. The van der Waals surface area contributed by atoms with Gasteiger partial charge in [-0.3, -0.25) is 4.79 Å². The van der Waals surface area contributed by atoms with Crippen LogP contribution in [0.4, 0.5) is 0 Å². The third-order valence-corrected chi connectivity index (χ3v) is 6.60. The number of benzene rings is 1. The first-order chi connectivity index (χ1) is 15.0. The molecule has 11 heteroatoms. The van der Waals surface area contributed by atoms with Crippen LogP contribution < -0.4 is 9.47 Å². The molecule has 2 atom stereocenters. The average Bonchev–Trinajstić information content (AvgIpc) is 2.66. The van der Waals surface area contributed by atoms with Gasteiger partial charge in [-0.25, -0.2) is 0 Å². The van der Waals surface area contributed by atoms with E-state index in [1.54, 1.807) is 0 Å². The molecule has 1 rings (SSSR count). The molecule has 0 amide bonds. The fraction of sp³-hybridized carbons (Fsp3) is 0.682. The van der Waals surface area contributed by atoms with E-state index in [2.05, 4.69) is 19.2 Å². The van der Waals surface area contributed by atoms with Gasteiger partial charge in [0.2, 0.25) is 5.69 Å². The summed E-state index contributed by atoms with van der Waals surface area (Å²) < 4.78 is 23.6. The summed E-state index contributed by atoms with van der Waals surface area (Å²) in [4.78, 5) is 11.1. The second-order valence-corrected chi connectivity index (χ2v) is 13.9. The van der Waals surface area contributed by atoms with Crippen LogP contribution in [0.15, 0.2) is 24.3 Å². The molecule has 0 saturated carbocycles. The van der Waals surface area contributed by atoms with Crippen molar-refractivity contribution in [1.82, 2.24) is 0 Å². The summed E-state index contributed by atoms with van der Waals surface area (Å²) in [7, 11) is 5.90. The molecule has 2 N–H and O–H groups in total. The monoisotopic (exact) mass is 525 g/mol. The van der Waals surface area contributed by atoms with Gasteiger partial charge in [0.05, 0.1) is 47.4 Å². The summed E-state index contributed by atoms with van der Waals surface area (Å²) in [5, 5.41) is 9.13. The van der Waals surface area contributed by atoms with Gasteiger partial charge in [0.15, 0.2) is 0 Å². The SMILES string of the molecule is CCCCCOc1cccc(OCCCCOP(=S)(S)O[C@H](CC(=O)O)C[N+](C)(C)C)c1.[OH-]. The van der Waals surface area contributed by atoms with Crippen molar-refractivity contribution in [1.29, 1.82) is 0 Å². The predicted octanol–water partition coefficient (Wildman–Crippen LogP) is 4.97. The summed E-state index contributed by atoms with van der Waals surface area (Å²) in [5.74, 6) is 0.664. The maximum atomic E-state index is 11.1. The summed E-state index contributed by atoms with van der Waals surface area (Å²) >= 11 is 9.74. The van der Waals surface area contributed by atoms with E-state index in [0.29, 0.717) is 30.8 Å². The predicted molar refractivity (Wildman–Crippen MR) is 137 cm³/mol. The van der Waals surface area contributed by atoms with Crippen LogP contribution in [0.25, 0.3) is 0 Å². The number of carboxylic acids is 1. The number of thiol groups is 1. The lowest BCUT2D eigenvalue weighted by molar-refractivity contribution is -0.873. The Bertz CT molecular complexity index is 731. The number of aliphatic carboxylic acids is 1. The van der Waals surface area contributed by atoms with E-state index in [0.717, 1.165) is 30.8 Å². The highest BCUT2D eigenvalue weighted by molar-refractivity contribution is 8.60. The van der Waals surface area contributed by atoms with E-state index >= 15 is 0 Å². The molecule has 0 aromatic heterocycles. The first-order valence-electron chi connectivity index (χ1n) is 11.0. The van der Waals surface area contributed by atoms with Gasteiger partial charge in [0.25, 0.3) is 0 Å². The van der Waals surface area contributed by atoms with E-state index in [1.807, 2.05) is 45.4 Å². The Morgan fingerprint density at radius 3 is 2.15 bits per heavy atom. The molecule has 0 bridgehead atoms. The molecule has 192 valence electrons. The summed E-state index contributed by atoms with van der Waals surface area (Å²) in [6.45, 7) is 4.32. The standard InChI is InChI=1S/C22H38NO6PS2.H2O/c1-5-6-7-13-26-19-11-10-12-20(16-19)27-14-8-9-15-28-30(31,32)29-21(17-22(24)25)18-23(2,3)4;/h10-12,16,21H,5-9,13-15,17-18H2,1-4H3,(H-,24,25,31,32);1H2/t21-;/m1./s1. The Kier molecular flexibility index (Phi) is 16.3. The molecule has 0 fully saturated rings. The third kappa shape index (κ3) is 17.3. The van der Waals surface area contributed by atoms with E-state index in [-0.39, 0.29) is 11.9 Å². The topological polar surface area (TPSA) is 104 Å². The molecule has 0 aliphatic carbocycles. The lowest BCUT2D eigenvalue weighted by Crippen LogP contribution is -2.42. The highest BCUT2D eigenvalue weighted by atomic mass is 32.9. The molecule has 1 unspecified atom stereocenters. The number of carboxylic acid groups (broad SMARTS) is 1. The lowest BCUT2D eigenvalue weighted by atomic mass is 10.2. The van der Waals surface area contributed by atoms with Gasteiger partial charge in [0, 0.05) is 6.07 Å². The number of hydrogen-bond acceptors (Lipinski definition) is 7. The second-order valence-electron chi connectivity index (χ2n) is 8.69. The van der Waals surface area contributed by atoms with Crippen molar-refractivity contribution in [2.24, 2.45) is 0 Å². The highest BCUT2D eigenvalue weighted by Crippen LogP contribution is 2.54. The zero-order chi connectivity index (χ0) is 24.0. The number of ether oxygens (including phenoxy) is 2. The van der Waals surface area contributed by atoms with Crippen LogP contribution in [-0.2, 0) is 25.6 Å². The Hall–Kier alpha value is -0.870. The Labute approximate surface area is 208 Å². The van der Waals surface area contributed by atoms with Gasteiger partial charge in [-0.2, -0.15) is 0 Å². The van der Waals surface area contributed by atoms with Crippen LogP contribution in [-0.4, -0.2) is 74.6 Å². The zero-order valence-corrected chi connectivity index (χ0v) is 22.7. The minimum atomic E-state index is -2.82. The lowest BCUT2D eigenvalue weighted by Gasteiger charge is -2.30. The number of nitrogens with zero attached hydrogens (tertiary/aromatic N) is 1. The van der Waals surface area contributed by atoms with Gasteiger partial charge < -0.3 is 33.6 Å². The number of likely N-dealkylation sites (N-methyl/N-ethyl adjacent to an activating group) is 1. The molecule has 0 aliphatic rings. The van der Waals surface area contributed by atoms with Crippen LogP contribution in [0.5, 0.6) is 11.5 Å².